The molecule has 150 valence electrons. The van der Waals surface area contributed by atoms with E-state index in [9.17, 15) is 30.0 Å². The van der Waals surface area contributed by atoms with Gasteiger partial charge in [0.15, 0.2) is 0 Å². The Labute approximate surface area is 161 Å². The van der Waals surface area contributed by atoms with Crippen LogP contribution in [0.5, 0.6) is 0 Å². The van der Waals surface area contributed by atoms with E-state index in [-0.39, 0.29) is 11.1 Å². The first-order valence-corrected chi connectivity index (χ1v) is 8.56. The molecule has 0 saturated heterocycles. The van der Waals surface area contributed by atoms with Gasteiger partial charge in [-0.15, -0.1) is 0 Å². The van der Waals surface area contributed by atoms with Gasteiger partial charge in [-0.25, -0.2) is 9.59 Å². The molecule has 0 heterocycles. The van der Waals surface area contributed by atoms with Crippen molar-refractivity contribution in [1.82, 2.24) is 0 Å². The summed E-state index contributed by atoms with van der Waals surface area (Å²) in [7, 11) is 0. The Balaban J connectivity index is 1.79. The summed E-state index contributed by atoms with van der Waals surface area (Å²) >= 11 is 0. The maximum atomic E-state index is 11.8. The molecule has 0 bridgehead atoms. The molecule has 28 heavy (non-hydrogen) atoms. The van der Waals surface area contributed by atoms with E-state index in [1.807, 2.05) is 0 Å². The van der Waals surface area contributed by atoms with Crippen molar-refractivity contribution in [1.29, 1.82) is 0 Å². The van der Waals surface area contributed by atoms with Gasteiger partial charge in [-0.05, 0) is 24.3 Å². The van der Waals surface area contributed by atoms with Crippen LogP contribution < -0.4 is 0 Å². The molecule has 0 fully saturated rings. The van der Waals surface area contributed by atoms with Gasteiger partial charge in [0.2, 0.25) is 0 Å². The lowest BCUT2D eigenvalue weighted by Crippen LogP contribution is -2.48. The fourth-order valence-electron chi connectivity index (χ4n) is 2.29. The van der Waals surface area contributed by atoms with Gasteiger partial charge in [-0.2, -0.15) is 0 Å². The summed E-state index contributed by atoms with van der Waals surface area (Å²) in [5, 5.41) is 39.6. The van der Waals surface area contributed by atoms with Crippen molar-refractivity contribution < 1.29 is 39.5 Å². The van der Waals surface area contributed by atoms with Crippen LogP contribution in [0, 0.1) is 0 Å². The van der Waals surface area contributed by atoms with Gasteiger partial charge >= 0.3 is 11.9 Å². The number of benzene rings is 2. The summed E-state index contributed by atoms with van der Waals surface area (Å²) < 4.78 is 9.74. The summed E-state index contributed by atoms with van der Waals surface area (Å²) in [6, 6.07) is 16.1. The first kappa shape index (κ1) is 21.5. The van der Waals surface area contributed by atoms with E-state index < -0.39 is 49.6 Å². The van der Waals surface area contributed by atoms with Gasteiger partial charge in [0.25, 0.3) is 0 Å². The van der Waals surface area contributed by atoms with Crippen LogP contribution in [-0.2, 0) is 9.47 Å². The molecule has 0 aliphatic rings. The lowest BCUT2D eigenvalue weighted by Gasteiger charge is -2.26. The first-order valence-electron chi connectivity index (χ1n) is 8.56. The number of rotatable bonds is 9. The Morgan fingerprint density at radius 2 is 0.964 bits per heavy atom. The molecule has 0 aliphatic heterocycles. The highest BCUT2D eigenvalue weighted by Crippen LogP contribution is 2.09. The number of esters is 2. The topological polar surface area (TPSA) is 134 Å². The van der Waals surface area contributed by atoms with Gasteiger partial charge in [-0.1, -0.05) is 36.4 Å². The number of aliphatic hydroxyl groups is 4. The molecule has 0 saturated carbocycles. The van der Waals surface area contributed by atoms with E-state index in [2.05, 4.69) is 0 Å². The Kier molecular flexibility index (Phi) is 8.09. The second-order valence-corrected chi connectivity index (χ2v) is 6.04. The molecule has 0 amide bonds. The minimum absolute atomic E-state index is 0.262. The van der Waals surface area contributed by atoms with Crippen LogP contribution in [0.3, 0.4) is 0 Å². The molecule has 2 rings (SSSR count). The predicted molar refractivity (Wildman–Crippen MR) is 97.5 cm³/mol. The monoisotopic (exact) mass is 390 g/mol. The number of aliphatic hydroxyl groups excluding tert-OH is 4. The Bertz CT molecular complexity index is 684. The zero-order valence-corrected chi connectivity index (χ0v) is 14.9. The van der Waals surface area contributed by atoms with Gasteiger partial charge in [-0.3, -0.25) is 0 Å². The molecule has 0 aromatic heterocycles. The van der Waals surface area contributed by atoms with Crippen molar-refractivity contribution >= 4 is 11.9 Å². The van der Waals surface area contributed by atoms with Crippen molar-refractivity contribution in [2.24, 2.45) is 0 Å². The van der Waals surface area contributed by atoms with Crippen molar-refractivity contribution in [2.75, 3.05) is 13.2 Å². The van der Waals surface area contributed by atoms with Crippen LogP contribution >= 0.6 is 0 Å². The number of hydrogen-bond donors (Lipinski definition) is 4. The molecule has 0 aliphatic carbocycles. The van der Waals surface area contributed by atoms with Crippen LogP contribution in [0.25, 0.3) is 0 Å². The zero-order chi connectivity index (χ0) is 20.5. The molecule has 8 heteroatoms. The molecule has 2 aromatic rings. The SMILES string of the molecule is O=C(OC[C@H](O)[C@H](O)[C@H](O)[C@@H](O)COC(=O)c1ccccc1)c1ccccc1. The van der Waals surface area contributed by atoms with Crippen molar-refractivity contribution in [3.8, 4) is 0 Å². The third kappa shape index (κ3) is 6.14. The number of hydrogen-bond acceptors (Lipinski definition) is 8. The third-order valence-electron chi connectivity index (χ3n) is 3.93. The molecule has 2 aromatic carbocycles. The number of carbonyl (C=O) groups is 2. The highest BCUT2D eigenvalue weighted by molar-refractivity contribution is 5.89. The van der Waals surface area contributed by atoms with Gasteiger partial charge in [0, 0.05) is 0 Å². The fraction of sp³-hybridized carbons (Fsp3) is 0.300. The summed E-state index contributed by atoms with van der Waals surface area (Å²) in [4.78, 5) is 23.6. The van der Waals surface area contributed by atoms with Crippen LogP contribution in [0.1, 0.15) is 20.7 Å². The number of ether oxygens (including phenoxy) is 2. The summed E-state index contributed by atoms with van der Waals surface area (Å²) in [6.45, 7) is -1.19. The van der Waals surface area contributed by atoms with E-state index in [0.717, 1.165) is 0 Å². The molecule has 4 N–H and O–H groups in total. The van der Waals surface area contributed by atoms with Crippen molar-refractivity contribution in [3.05, 3.63) is 71.8 Å². The van der Waals surface area contributed by atoms with E-state index >= 15 is 0 Å². The molecular formula is C20H22O8. The molecule has 0 radical (unpaired) electrons. The van der Waals surface area contributed by atoms with Crippen molar-refractivity contribution in [3.63, 3.8) is 0 Å². The molecule has 8 nitrogen and oxygen atoms in total. The molecule has 4 atom stereocenters. The Morgan fingerprint density at radius 3 is 1.29 bits per heavy atom. The van der Waals surface area contributed by atoms with E-state index in [1.165, 1.54) is 24.3 Å². The van der Waals surface area contributed by atoms with Gasteiger partial charge in [0.1, 0.15) is 37.6 Å². The largest absolute Gasteiger partial charge is 0.459 e. The maximum Gasteiger partial charge on any atom is 0.338 e. The zero-order valence-electron chi connectivity index (χ0n) is 14.9. The van der Waals surface area contributed by atoms with Crippen LogP contribution in [0.2, 0.25) is 0 Å². The average Bonchev–Trinajstić information content (AvgIpc) is 2.75. The second kappa shape index (κ2) is 10.5. The summed E-state index contributed by atoms with van der Waals surface area (Å²) in [5.41, 5.74) is 0.523. The Hall–Kier alpha value is -2.78. The minimum atomic E-state index is -1.82. The Morgan fingerprint density at radius 1 is 0.643 bits per heavy atom. The lowest BCUT2D eigenvalue weighted by molar-refractivity contribution is -0.125. The normalized spacial score (nSPS) is 15.1. The first-order chi connectivity index (χ1) is 13.4. The van der Waals surface area contributed by atoms with E-state index in [0.29, 0.717) is 0 Å². The van der Waals surface area contributed by atoms with Crippen LogP contribution in [-0.4, -0.2) is 70.0 Å². The lowest BCUT2D eigenvalue weighted by atomic mass is 10.0. The quantitative estimate of drug-likeness (QED) is 0.445. The molecule has 0 spiro atoms. The van der Waals surface area contributed by atoms with Gasteiger partial charge in [0.05, 0.1) is 11.1 Å². The predicted octanol–water partition coefficient (Wildman–Crippen LogP) is 0.144. The number of carbonyl (C=O) groups excluding carboxylic acids is 2. The van der Waals surface area contributed by atoms with Crippen LogP contribution in [0.15, 0.2) is 60.7 Å². The minimum Gasteiger partial charge on any atom is -0.459 e. The molecule has 0 unspecified atom stereocenters. The van der Waals surface area contributed by atoms with Crippen LogP contribution in [0.4, 0.5) is 0 Å². The van der Waals surface area contributed by atoms with E-state index in [4.69, 9.17) is 9.47 Å². The standard InChI is InChI=1S/C20H22O8/c21-15(11-27-19(25)13-7-3-1-4-8-13)17(23)18(24)16(22)12-28-20(26)14-9-5-2-6-10-14/h1-10,15-18,21-24H,11-12H2/t15-,16-,17-,18+/m0/s1. The molecular weight excluding hydrogens is 368 g/mol. The van der Waals surface area contributed by atoms with Crippen molar-refractivity contribution in [2.45, 2.75) is 24.4 Å². The van der Waals surface area contributed by atoms with E-state index in [1.54, 1.807) is 36.4 Å². The third-order valence-corrected chi connectivity index (χ3v) is 3.93. The average molecular weight is 390 g/mol. The summed E-state index contributed by atoms with van der Waals surface area (Å²) in [6.07, 6.45) is -6.95. The van der Waals surface area contributed by atoms with Gasteiger partial charge < -0.3 is 29.9 Å². The fourth-order valence-corrected chi connectivity index (χ4v) is 2.29. The summed E-state index contributed by atoms with van der Waals surface area (Å²) in [5.74, 6) is -1.42. The highest BCUT2D eigenvalue weighted by Gasteiger charge is 2.32. The second-order valence-electron chi connectivity index (χ2n) is 6.04. The smallest absolute Gasteiger partial charge is 0.338 e. The maximum absolute atomic E-state index is 11.8. The highest BCUT2D eigenvalue weighted by atomic mass is 16.5.